The van der Waals surface area contributed by atoms with Crippen LogP contribution in [0.2, 0.25) is 0 Å². The second-order valence-electron chi connectivity index (χ2n) is 4.85. The smallest absolute Gasteiger partial charge is 0.303 e. The number of nitrogens with zero attached hydrogens (tertiary/aromatic N) is 1. The summed E-state index contributed by atoms with van der Waals surface area (Å²) >= 11 is 3.37. The van der Waals surface area contributed by atoms with E-state index in [1.165, 1.54) is 0 Å². The normalized spacial score (nSPS) is 18.1. The van der Waals surface area contributed by atoms with Crippen molar-refractivity contribution in [2.45, 2.75) is 12.8 Å². The molecule has 1 saturated heterocycles. The van der Waals surface area contributed by atoms with E-state index < -0.39 is 5.97 Å². The minimum absolute atomic E-state index is 0.0424. The average Bonchev–Trinajstić information content (AvgIpc) is 2.86. The highest BCUT2D eigenvalue weighted by Gasteiger charge is 2.29. The van der Waals surface area contributed by atoms with Gasteiger partial charge in [0.1, 0.15) is 5.75 Å². The molecule has 1 fully saturated rings. The second kappa shape index (κ2) is 6.26. The Morgan fingerprint density at radius 3 is 2.90 bits per heavy atom. The van der Waals surface area contributed by atoms with E-state index in [0.717, 1.165) is 6.42 Å². The van der Waals surface area contributed by atoms with Gasteiger partial charge in [0.25, 0.3) is 5.91 Å². The van der Waals surface area contributed by atoms with Crippen molar-refractivity contribution in [2.24, 2.45) is 5.92 Å². The Balaban J connectivity index is 2.10. The molecule has 20 heavy (non-hydrogen) atoms. The van der Waals surface area contributed by atoms with Gasteiger partial charge in [-0.05, 0) is 46.5 Å². The highest BCUT2D eigenvalue weighted by Crippen LogP contribution is 2.27. The molecule has 1 unspecified atom stereocenters. The molecule has 1 aliphatic rings. The van der Waals surface area contributed by atoms with E-state index in [2.05, 4.69) is 15.9 Å². The summed E-state index contributed by atoms with van der Waals surface area (Å²) in [5, 5.41) is 8.80. The molecular formula is C14H16BrNO4. The van der Waals surface area contributed by atoms with Gasteiger partial charge in [-0.2, -0.15) is 0 Å². The van der Waals surface area contributed by atoms with Crippen molar-refractivity contribution >= 4 is 27.8 Å². The maximum absolute atomic E-state index is 12.5. The number of carbonyl (C=O) groups excluding carboxylic acids is 1. The fourth-order valence-corrected chi connectivity index (χ4v) is 2.81. The van der Waals surface area contributed by atoms with Crippen LogP contribution in [-0.4, -0.2) is 42.1 Å². The van der Waals surface area contributed by atoms with E-state index in [1.54, 1.807) is 30.2 Å². The Labute approximate surface area is 125 Å². The van der Waals surface area contributed by atoms with Gasteiger partial charge in [0.15, 0.2) is 0 Å². The summed E-state index contributed by atoms with van der Waals surface area (Å²) < 4.78 is 5.84. The van der Waals surface area contributed by atoms with Crippen molar-refractivity contribution in [1.29, 1.82) is 0 Å². The molecule has 1 N–H and O–H groups in total. The van der Waals surface area contributed by atoms with Crippen LogP contribution >= 0.6 is 15.9 Å². The fourth-order valence-electron chi connectivity index (χ4n) is 2.40. The number of methoxy groups -OCH3 is 1. The molecule has 1 heterocycles. The molecule has 1 amide bonds. The average molecular weight is 342 g/mol. The van der Waals surface area contributed by atoms with Gasteiger partial charge in [-0.3, -0.25) is 9.59 Å². The summed E-state index contributed by atoms with van der Waals surface area (Å²) in [4.78, 5) is 24.9. The molecule has 1 aliphatic heterocycles. The minimum atomic E-state index is -0.813. The number of benzene rings is 1. The van der Waals surface area contributed by atoms with Gasteiger partial charge in [-0.1, -0.05) is 0 Å². The van der Waals surface area contributed by atoms with E-state index in [4.69, 9.17) is 9.84 Å². The Hall–Kier alpha value is -1.56. The first-order valence-electron chi connectivity index (χ1n) is 6.36. The molecule has 0 bridgehead atoms. The van der Waals surface area contributed by atoms with Crippen LogP contribution in [0, 0.1) is 5.92 Å². The Morgan fingerprint density at radius 1 is 1.50 bits per heavy atom. The van der Waals surface area contributed by atoms with Crippen molar-refractivity contribution in [3.63, 3.8) is 0 Å². The summed E-state index contributed by atoms with van der Waals surface area (Å²) in [5.74, 6) is -0.241. The van der Waals surface area contributed by atoms with Gasteiger partial charge in [-0.25, -0.2) is 0 Å². The zero-order valence-electron chi connectivity index (χ0n) is 11.1. The number of hydrogen-bond donors (Lipinski definition) is 1. The van der Waals surface area contributed by atoms with Crippen LogP contribution in [0.4, 0.5) is 0 Å². The standard InChI is InChI=1S/C14H16BrNO4/c1-20-10-2-3-12(15)11(7-10)14(19)16-5-4-9(8-16)6-13(17)18/h2-3,7,9H,4-6,8H2,1H3,(H,17,18). The SMILES string of the molecule is COc1ccc(Br)c(C(=O)N2CCC(CC(=O)O)C2)c1. The van der Waals surface area contributed by atoms with Gasteiger partial charge in [0.2, 0.25) is 0 Å². The third-order valence-corrected chi connectivity index (χ3v) is 4.13. The summed E-state index contributed by atoms with van der Waals surface area (Å²) in [5.41, 5.74) is 0.542. The lowest BCUT2D eigenvalue weighted by Gasteiger charge is -2.17. The Kier molecular flexibility index (Phi) is 4.65. The maximum Gasteiger partial charge on any atom is 0.303 e. The molecular weight excluding hydrogens is 326 g/mol. The highest BCUT2D eigenvalue weighted by atomic mass is 79.9. The molecule has 1 atom stereocenters. The van der Waals surface area contributed by atoms with Crippen LogP contribution < -0.4 is 4.74 Å². The highest BCUT2D eigenvalue weighted by molar-refractivity contribution is 9.10. The maximum atomic E-state index is 12.5. The number of carboxylic acids is 1. The predicted molar refractivity (Wildman–Crippen MR) is 77.0 cm³/mol. The third kappa shape index (κ3) is 3.30. The van der Waals surface area contributed by atoms with Crippen LogP contribution in [0.1, 0.15) is 23.2 Å². The summed E-state index contributed by atoms with van der Waals surface area (Å²) in [6.45, 7) is 1.09. The molecule has 0 aliphatic carbocycles. The molecule has 1 aromatic carbocycles. The lowest BCUT2D eigenvalue weighted by molar-refractivity contribution is -0.138. The van der Waals surface area contributed by atoms with Crippen LogP contribution in [0.5, 0.6) is 5.75 Å². The summed E-state index contributed by atoms with van der Waals surface area (Å²) in [6.07, 6.45) is 0.850. The minimum Gasteiger partial charge on any atom is -0.497 e. The molecule has 0 radical (unpaired) electrons. The van der Waals surface area contributed by atoms with E-state index >= 15 is 0 Å². The largest absolute Gasteiger partial charge is 0.497 e. The molecule has 0 aromatic heterocycles. The zero-order valence-corrected chi connectivity index (χ0v) is 12.7. The van der Waals surface area contributed by atoms with Crippen LogP contribution in [0.25, 0.3) is 0 Å². The number of carboxylic acid groups (broad SMARTS) is 1. The number of hydrogen-bond acceptors (Lipinski definition) is 3. The quantitative estimate of drug-likeness (QED) is 0.912. The van der Waals surface area contributed by atoms with Gasteiger partial charge in [0.05, 0.1) is 12.7 Å². The predicted octanol–water partition coefficient (Wildman–Crippen LogP) is 2.39. The second-order valence-corrected chi connectivity index (χ2v) is 5.70. The number of rotatable bonds is 4. The van der Waals surface area contributed by atoms with Gasteiger partial charge in [0, 0.05) is 24.0 Å². The van der Waals surface area contributed by atoms with Gasteiger partial charge >= 0.3 is 5.97 Å². The number of amides is 1. The van der Waals surface area contributed by atoms with Crippen LogP contribution in [-0.2, 0) is 4.79 Å². The first-order chi connectivity index (χ1) is 9.51. The Bertz CT molecular complexity index is 532. The molecule has 108 valence electrons. The lowest BCUT2D eigenvalue weighted by Crippen LogP contribution is -2.29. The van der Waals surface area contributed by atoms with Gasteiger partial charge in [-0.15, -0.1) is 0 Å². The third-order valence-electron chi connectivity index (χ3n) is 3.44. The van der Waals surface area contributed by atoms with Crippen molar-refractivity contribution < 1.29 is 19.4 Å². The molecule has 6 heteroatoms. The zero-order chi connectivity index (χ0) is 14.7. The first kappa shape index (κ1) is 14.8. The number of ether oxygens (including phenoxy) is 1. The lowest BCUT2D eigenvalue weighted by atomic mass is 10.1. The van der Waals surface area contributed by atoms with Crippen LogP contribution in [0.3, 0.4) is 0 Å². The van der Waals surface area contributed by atoms with E-state index in [-0.39, 0.29) is 18.2 Å². The van der Waals surface area contributed by atoms with Crippen molar-refractivity contribution in [3.8, 4) is 5.75 Å². The van der Waals surface area contributed by atoms with Crippen molar-refractivity contribution in [3.05, 3.63) is 28.2 Å². The molecule has 2 rings (SSSR count). The number of carbonyl (C=O) groups is 2. The monoisotopic (exact) mass is 341 g/mol. The number of likely N-dealkylation sites (tertiary alicyclic amines) is 1. The summed E-state index contributed by atoms with van der Waals surface area (Å²) in [7, 11) is 1.55. The molecule has 0 saturated carbocycles. The van der Waals surface area contributed by atoms with Gasteiger partial charge < -0.3 is 14.7 Å². The van der Waals surface area contributed by atoms with E-state index in [1.807, 2.05) is 0 Å². The van der Waals surface area contributed by atoms with Crippen molar-refractivity contribution in [1.82, 2.24) is 4.90 Å². The van der Waals surface area contributed by atoms with E-state index in [0.29, 0.717) is 28.9 Å². The van der Waals surface area contributed by atoms with Crippen molar-refractivity contribution in [2.75, 3.05) is 20.2 Å². The number of aliphatic carboxylic acids is 1. The molecule has 5 nitrogen and oxygen atoms in total. The van der Waals surface area contributed by atoms with E-state index in [9.17, 15) is 9.59 Å². The Morgan fingerprint density at radius 2 is 2.25 bits per heavy atom. The molecule has 0 spiro atoms. The fraction of sp³-hybridized carbons (Fsp3) is 0.429. The first-order valence-corrected chi connectivity index (χ1v) is 7.15. The van der Waals surface area contributed by atoms with Crippen LogP contribution in [0.15, 0.2) is 22.7 Å². The summed E-state index contributed by atoms with van der Waals surface area (Å²) in [6, 6.07) is 5.24. The molecule has 1 aromatic rings. The number of halogens is 1. The topological polar surface area (TPSA) is 66.8 Å².